The molecule has 0 unspecified atom stereocenters. The topological polar surface area (TPSA) is 117 Å². The van der Waals surface area contributed by atoms with Gasteiger partial charge in [0, 0.05) is 15.7 Å². The van der Waals surface area contributed by atoms with E-state index in [1.54, 1.807) is 61.7 Å². The van der Waals surface area contributed by atoms with Gasteiger partial charge in [-0.3, -0.25) is 9.59 Å². The summed E-state index contributed by atoms with van der Waals surface area (Å²) in [5.74, 6) is 0.837. The highest BCUT2D eigenvalue weighted by Gasteiger charge is 2.19. The molecule has 232 valence electrons. The number of hydrogen-bond acceptors (Lipinski definition) is 8. The SMILES string of the molecule is CCOc1cc(C=Nn2c(-c3cc4c(OC)cccc4o3)nc3ccccc3c2=O)c(Br)cc1OCC(=O)Nc1cccc(F)c1. The third-order valence-corrected chi connectivity index (χ3v) is 7.54. The molecule has 1 N–H and O–H groups in total. The molecule has 0 aliphatic carbocycles. The number of para-hydroxylation sites is 1. The number of aromatic nitrogens is 2. The molecule has 46 heavy (non-hydrogen) atoms. The smallest absolute Gasteiger partial charge is 0.282 e. The van der Waals surface area contributed by atoms with E-state index >= 15 is 0 Å². The number of fused-ring (bicyclic) bond motifs is 2. The number of halogens is 2. The zero-order valence-electron chi connectivity index (χ0n) is 24.6. The van der Waals surface area contributed by atoms with Crippen LogP contribution < -0.4 is 25.1 Å². The minimum Gasteiger partial charge on any atom is -0.496 e. The molecule has 0 atom stereocenters. The summed E-state index contributed by atoms with van der Waals surface area (Å²) in [5, 5.41) is 8.23. The zero-order chi connectivity index (χ0) is 32.2. The van der Waals surface area contributed by atoms with Crippen LogP contribution in [-0.2, 0) is 4.79 Å². The first-order chi connectivity index (χ1) is 22.3. The Morgan fingerprint density at radius 1 is 1.00 bits per heavy atom. The zero-order valence-corrected chi connectivity index (χ0v) is 26.2. The highest BCUT2D eigenvalue weighted by molar-refractivity contribution is 9.10. The Kier molecular flexibility index (Phi) is 8.79. The van der Waals surface area contributed by atoms with Crippen LogP contribution in [0.25, 0.3) is 33.5 Å². The van der Waals surface area contributed by atoms with E-state index in [1.165, 1.54) is 29.1 Å². The van der Waals surface area contributed by atoms with Crippen molar-refractivity contribution in [2.24, 2.45) is 5.10 Å². The number of nitrogens with one attached hydrogen (secondary N) is 1. The van der Waals surface area contributed by atoms with Gasteiger partial charge in [-0.05, 0) is 83.5 Å². The van der Waals surface area contributed by atoms with Gasteiger partial charge in [-0.1, -0.05) is 24.3 Å². The normalized spacial score (nSPS) is 11.3. The molecule has 6 rings (SSSR count). The van der Waals surface area contributed by atoms with E-state index < -0.39 is 17.3 Å². The van der Waals surface area contributed by atoms with Crippen LogP contribution in [-0.4, -0.2) is 42.1 Å². The number of carbonyl (C=O) groups excluding carboxylic acids is 1. The molecule has 0 saturated heterocycles. The van der Waals surface area contributed by atoms with Crippen molar-refractivity contribution in [2.45, 2.75) is 6.92 Å². The van der Waals surface area contributed by atoms with Gasteiger partial charge in [0.15, 0.2) is 23.9 Å². The maximum absolute atomic E-state index is 13.7. The maximum Gasteiger partial charge on any atom is 0.282 e. The summed E-state index contributed by atoms with van der Waals surface area (Å²) >= 11 is 3.53. The minimum absolute atomic E-state index is 0.198. The molecule has 4 aromatic carbocycles. The molecule has 0 aliphatic rings. The number of methoxy groups -OCH3 is 1. The molecule has 2 heterocycles. The average Bonchev–Trinajstić information content (AvgIpc) is 3.49. The number of furan rings is 1. The van der Waals surface area contributed by atoms with E-state index in [-0.39, 0.29) is 12.4 Å². The van der Waals surface area contributed by atoms with Gasteiger partial charge in [0.05, 0.1) is 36.2 Å². The molecular formula is C34H26BrFN4O6. The monoisotopic (exact) mass is 684 g/mol. The molecular weight excluding hydrogens is 659 g/mol. The van der Waals surface area contributed by atoms with Gasteiger partial charge in [-0.2, -0.15) is 9.78 Å². The van der Waals surface area contributed by atoms with Crippen molar-refractivity contribution in [2.75, 3.05) is 25.6 Å². The fraction of sp³-hybridized carbons (Fsp3) is 0.118. The molecule has 0 spiro atoms. The summed E-state index contributed by atoms with van der Waals surface area (Å²) in [6, 6.07) is 23.0. The predicted octanol–water partition coefficient (Wildman–Crippen LogP) is 7.02. The van der Waals surface area contributed by atoms with Crippen LogP contribution in [0.5, 0.6) is 17.2 Å². The highest BCUT2D eigenvalue weighted by atomic mass is 79.9. The number of amides is 1. The fourth-order valence-electron chi connectivity index (χ4n) is 4.77. The number of carbonyl (C=O) groups is 1. The molecule has 6 aromatic rings. The summed E-state index contributed by atoms with van der Waals surface area (Å²) in [6.45, 7) is 1.78. The van der Waals surface area contributed by atoms with Crippen molar-refractivity contribution in [1.82, 2.24) is 9.66 Å². The van der Waals surface area contributed by atoms with Crippen LogP contribution in [0.3, 0.4) is 0 Å². The molecule has 10 nitrogen and oxygen atoms in total. The fourth-order valence-corrected chi connectivity index (χ4v) is 5.19. The van der Waals surface area contributed by atoms with Crippen molar-refractivity contribution >= 4 is 55.6 Å². The summed E-state index contributed by atoms with van der Waals surface area (Å²) in [4.78, 5) is 30.9. The van der Waals surface area contributed by atoms with Crippen LogP contribution in [0.4, 0.5) is 10.1 Å². The van der Waals surface area contributed by atoms with E-state index in [4.69, 9.17) is 23.6 Å². The number of benzene rings is 4. The molecule has 0 fully saturated rings. The lowest BCUT2D eigenvalue weighted by atomic mass is 10.2. The number of anilines is 1. The first-order valence-electron chi connectivity index (χ1n) is 14.1. The lowest BCUT2D eigenvalue weighted by Crippen LogP contribution is -2.20. The van der Waals surface area contributed by atoms with Crippen molar-refractivity contribution < 1.29 is 27.8 Å². The summed E-state index contributed by atoms with van der Waals surface area (Å²) in [6.07, 6.45) is 1.48. The Bertz CT molecular complexity index is 2180. The Morgan fingerprint density at radius 3 is 2.61 bits per heavy atom. The summed E-state index contributed by atoms with van der Waals surface area (Å²) < 4.78 is 38.3. The van der Waals surface area contributed by atoms with Crippen molar-refractivity contribution in [3.8, 4) is 28.8 Å². The lowest BCUT2D eigenvalue weighted by molar-refractivity contribution is -0.118. The van der Waals surface area contributed by atoms with Gasteiger partial charge in [-0.15, -0.1) is 0 Å². The molecule has 12 heteroatoms. The molecule has 0 radical (unpaired) electrons. The Morgan fingerprint density at radius 2 is 1.80 bits per heavy atom. The highest BCUT2D eigenvalue weighted by Crippen LogP contribution is 2.35. The van der Waals surface area contributed by atoms with Gasteiger partial charge >= 0.3 is 0 Å². The van der Waals surface area contributed by atoms with E-state index in [0.717, 1.165) is 5.39 Å². The molecule has 2 aromatic heterocycles. The van der Waals surface area contributed by atoms with Crippen LogP contribution in [0.1, 0.15) is 12.5 Å². The van der Waals surface area contributed by atoms with Crippen LogP contribution >= 0.6 is 15.9 Å². The number of rotatable bonds is 10. The second-order valence-electron chi connectivity index (χ2n) is 9.90. The molecule has 1 amide bonds. The average molecular weight is 686 g/mol. The second kappa shape index (κ2) is 13.2. The van der Waals surface area contributed by atoms with Crippen LogP contribution in [0.2, 0.25) is 0 Å². The third kappa shape index (κ3) is 6.33. The lowest BCUT2D eigenvalue weighted by Gasteiger charge is -2.14. The maximum atomic E-state index is 13.7. The summed E-state index contributed by atoms with van der Waals surface area (Å²) in [5.41, 5.74) is 1.53. The van der Waals surface area contributed by atoms with Crippen LogP contribution in [0.15, 0.2) is 104 Å². The first-order valence-corrected chi connectivity index (χ1v) is 14.9. The van der Waals surface area contributed by atoms with Crippen molar-refractivity contribution in [1.29, 1.82) is 0 Å². The largest absolute Gasteiger partial charge is 0.496 e. The first kappa shape index (κ1) is 30.5. The van der Waals surface area contributed by atoms with E-state index in [2.05, 4.69) is 26.3 Å². The molecule has 0 bridgehead atoms. The van der Waals surface area contributed by atoms with E-state index in [9.17, 15) is 14.0 Å². The number of hydrogen-bond donors (Lipinski definition) is 1. The van der Waals surface area contributed by atoms with Gasteiger partial charge in [0.1, 0.15) is 17.1 Å². The second-order valence-corrected chi connectivity index (χ2v) is 10.8. The van der Waals surface area contributed by atoms with Gasteiger partial charge in [0.2, 0.25) is 5.82 Å². The van der Waals surface area contributed by atoms with Gasteiger partial charge in [-0.25, -0.2) is 9.37 Å². The Balaban J connectivity index is 1.34. The quantitative estimate of drug-likeness (QED) is 0.154. The van der Waals surface area contributed by atoms with Crippen molar-refractivity contribution in [3.63, 3.8) is 0 Å². The third-order valence-electron chi connectivity index (χ3n) is 6.86. The molecule has 0 aliphatic heterocycles. The van der Waals surface area contributed by atoms with Gasteiger partial charge < -0.3 is 23.9 Å². The summed E-state index contributed by atoms with van der Waals surface area (Å²) in [7, 11) is 1.57. The molecule has 0 saturated carbocycles. The predicted molar refractivity (Wildman–Crippen MR) is 177 cm³/mol. The standard InChI is InChI=1S/C34H26BrFN4O6/c1-3-44-29-14-20(25(35)17-30(29)45-19-32(41)38-22-9-6-8-21(36)15-22)18-37-40-33(39-26-11-5-4-10-23(26)34(40)42)31-16-24-27(43-2)12-7-13-28(24)46-31/h4-18H,3,19H2,1-2H3,(H,38,41). The van der Waals surface area contributed by atoms with E-state index in [1.807, 2.05) is 19.1 Å². The number of nitrogens with zero attached hydrogens (tertiary/aromatic N) is 3. The Labute approximate surface area is 270 Å². The minimum atomic E-state index is -0.478. The van der Waals surface area contributed by atoms with Gasteiger partial charge in [0.25, 0.3) is 11.5 Å². The Hall–Kier alpha value is -5.49. The number of ether oxygens (including phenoxy) is 3. The van der Waals surface area contributed by atoms with Crippen LogP contribution in [0, 0.1) is 5.82 Å². The van der Waals surface area contributed by atoms with E-state index in [0.29, 0.717) is 61.8 Å². The van der Waals surface area contributed by atoms with Crippen molar-refractivity contribution in [3.05, 3.63) is 111 Å².